The summed E-state index contributed by atoms with van der Waals surface area (Å²) in [6.07, 6.45) is 4.04. The average molecular weight is 341 g/mol. The van der Waals surface area contributed by atoms with Gasteiger partial charge in [0, 0.05) is 37.1 Å². The average Bonchev–Trinajstić information content (AvgIpc) is 2.68. The fourth-order valence-corrected chi connectivity index (χ4v) is 2.91. The summed E-state index contributed by atoms with van der Waals surface area (Å²) in [5.74, 6) is 1.44. The summed E-state index contributed by atoms with van der Waals surface area (Å²) in [4.78, 5) is 26.8. The van der Waals surface area contributed by atoms with Crippen molar-refractivity contribution >= 4 is 11.9 Å². The summed E-state index contributed by atoms with van der Waals surface area (Å²) in [5.41, 5.74) is 1.74. The van der Waals surface area contributed by atoms with Gasteiger partial charge in [-0.05, 0) is 31.4 Å². The van der Waals surface area contributed by atoms with Crippen LogP contribution in [-0.2, 0) is 11.2 Å². The Hall–Kier alpha value is -2.70. The number of aryl methyl sites for hydroxylation is 1. The largest absolute Gasteiger partial charge is 0.453 e. The zero-order chi connectivity index (χ0) is 17.6. The van der Waals surface area contributed by atoms with E-state index in [1.165, 1.54) is 7.11 Å². The molecule has 1 N–H and O–H groups in total. The number of hydrogen-bond acceptors (Lipinski definition) is 6. The van der Waals surface area contributed by atoms with Crippen molar-refractivity contribution in [3.05, 3.63) is 36.2 Å². The van der Waals surface area contributed by atoms with Crippen LogP contribution in [0.5, 0.6) is 0 Å². The smallest absolute Gasteiger partial charge is 0.409 e. The van der Waals surface area contributed by atoms with Crippen molar-refractivity contribution in [2.75, 3.05) is 25.5 Å². The number of carbonyl (C=O) groups excluding carboxylic acids is 1. The van der Waals surface area contributed by atoms with Gasteiger partial charge in [0.15, 0.2) is 5.82 Å². The number of piperidine rings is 1. The molecule has 25 heavy (non-hydrogen) atoms. The van der Waals surface area contributed by atoms with Gasteiger partial charge in [-0.3, -0.25) is 4.98 Å². The summed E-state index contributed by atoms with van der Waals surface area (Å²) in [7, 11) is 1.42. The van der Waals surface area contributed by atoms with Gasteiger partial charge in [0.25, 0.3) is 0 Å². The maximum absolute atomic E-state index is 11.6. The zero-order valence-electron chi connectivity index (χ0n) is 14.6. The number of likely N-dealkylation sites (tertiary alicyclic amines) is 1. The van der Waals surface area contributed by atoms with E-state index >= 15 is 0 Å². The van der Waals surface area contributed by atoms with Gasteiger partial charge >= 0.3 is 6.09 Å². The van der Waals surface area contributed by atoms with E-state index in [1.54, 1.807) is 11.1 Å². The Morgan fingerprint density at radius 1 is 1.32 bits per heavy atom. The van der Waals surface area contributed by atoms with Crippen LogP contribution in [0.2, 0.25) is 0 Å². The van der Waals surface area contributed by atoms with Gasteiger partial charge in [-0.2, -0.15) is 0 Å². The monoisotopic (exact) mass is 341 g/mol. The lowest BCUT2D eigenvalue weighted by atomic mass is 10.1. The minimum absolute atomic E-state index is 0.258. The van der Waals surface area contributed by atoms with Gasteiger partial charge in [-0.15, -0.1) is 0 Å². The van der Waals surface area contributed by atoms with Crippen LogP contribution < -0.4 is 5.32 Å². The van der Waals surface area contributed by atoms with Crippen molar-refractivity contribution in [1.29, 1.82) is 0 Å². The standard InChI is InChI=1S/C18H23N5O2/c1-3-13-12-16(22-17(21-13)15-6-4-5-9-19-15)20-14-7-10-23(11-8-14)18(24)25-2/h4-6,9,12,14H,3,7-8,10-11H2,1-2H3,(H,20,21,22). The molecule has 0 unspecified atom stereocenters. The third kappa shape index (κ3) is 4.23. The Balaban J connectivity index is 1.72. The van der Waals surface area contributed by atoms with E-state index in [9.17, 15) is 4.79 Å². The van der Waals surface area contributed by atoms with E-state index in [-0.39, 0.29) is 12.1 Å². The van der Waals surface area contributed by atoms with Crippen LogP contribution in [0.3, 0.4) is 0 Å². The van der Waals surface area contributed by atoms with Gasteiger partial charge in [0.1, 0.15) is 11.5 Å². The van der Waals surface area contributed by atoms with Crippen LogP contribution in [0.25, 0.3) is 11.5 Å². The van der Waals surface area contributed by atoms with Gasteiger partial charge in [-0.25, -0.2) is 14.8 Å². The molecule has 3 heterocycles. The Morgan fingerprint density at radius 3 is 2.76 bits per heavy atom. The molecule has 0 spiro atoms. The van der Waals surface area contributed by atoms with Crippen LogP contribution in [0.4, 0.5) is 10.6 Å². The Bertz CT molecular complexity index is 715. The molecule has 7 nitrogen and oxygen atoms in total. The van der Waals surface area contributed by atoms with Crippen LogP contribution in [-0.4, -0.2) is 52.2 Å². The van der Waals surface area contributed by atoms with Crippen molar-refractivity contribution in [2.45, 2.75) is 32.2 Å². The Labute approximate surface area is 147 Å². The molecule has 0 radical (unpaired) electrons. The van der Waals surface area contributed by atoms with Gasteiger partial charge < -0.3 is 15.0 Å². The number of amides is 1. The molecule has 1 fully saturated rings. The molecule has 2 aromatic heterocycles. The van der Waals surface area contributed by atoms with Crippen molar-refractivity contribution in [3.8, 4) is 11.5 Å². The highest BCUT2D eigenvalue weighted by Crippen LogP contribution is 2.20. The Kier molecular flexibility index (Phi) is 5.42. The quantitative estimate of drug-likeness (QED) is 0.921. The number of hydrogen-bond donors (Lipinski definition) is 1. The molecule has 0 aliphatic carbocycles. The first-order valence-electron chi connectivity index (χ1n) is 8.58. The van der Waals surface area contributed by atoms with Gasteiger partial charge in [0.05, 0.1) is 7.11 Å². The van der Waals surface area contributed by atoms with Crippen molar-refractivity contribution in [3.63, 3.8) is 0 Å². The van der Waals surface area contributed by atoms with Crippen LogP contribution >= 0.6 is 0 Å². The first-order chi connectivity index (χ1) is 12.2. The second-order valence-electron chi connectivity index (χ2n) is 6.01. The number of ether oxygens (including phenoxy) is 1. The number of methoxy groups -OCH3 is 1. The van der Waals surface area contributed by atoms with Crippen LogP contribution in [0.1, 0.15) is 25.5 Å². The summed E-state index contributed by atoms with van der Waals surface area (Å²) in [6, 6.07) is 7.98. The van der Waals surface area contributed by atoms with Crippen molar-refractivity contribution in [2.24, 2.45) is 0 Å². The van der Waals surface area contributed by atoms with Crippen molar-refractivity contribution in [1.82, 2.24) is 19.9 Å². The summed E-state index contributed by atoms with van der Waals surface area (Å²) < 4.78 is 4.78. The molecule has 1 saturated heterocycles. The topological polar surface area (TPSA) is 80.2 Å². The van der Waals surface area contributed by atoms with E-state index in [1.807, 2.05) is 24.3 Å². The van der Waals surface area contributed by atoms with Crippen LogP contribution in [0, 0.1) is 0 Å². The van der Waals surface area contributed by atoms with Gasteiger partial charge in [0.2, 0.25) is 0 Å². The van der Waals surface area contributed by atoms with E-state index in [4.69, 9.17) is 4.74 Å². The molecular weight excluding hydrogens is 318 g/mol. The summed E-state index contributed by atoms with van der Waals surface area (Å²) in [5, 5.41) is 3.49. The third-order valence-corrected chi connectivity index (χ3v) is 4.32. The molecule has 1 aliphatic heterocycles. The first kappa shape index (κ1) is 17.1. The maximum atomic E-state index is 11.6. The number of carbonyl (C=O) groups is 1. The highest BCUT2D eigenvalue weighted by atomic mass is 16.5. The summed E-state index contributed by atoms with van der Waals surface area (Å²) >= 11 is 0. The van der Waals surface area contributed by atoms with E-state index in [0.29, 0.717) is 18.9 Å². The fourth-order valence-electron chi connectivity index (χ4n) is 2.91. The van der Waals surface area contributed by atoms with Crippen molar-refractivity contribution < 1.29 is 9.53 Å². The van der Waals surface area contributed by atoms with E-state index in [0.717, 1.165) is 36.5 Å². The zero-order valence-corrected chi connectivity index (χ0v) is 14.6. The number of nitrogens with one attached hydrogen (secondary N) is 1. The Morgan fingerprint density at radius 2 is 2.12 bits per heavy atom. The molecule has 0 saturated carbocycles. The highest BCUT2D eigenvalue weighted by Gasteiger charge is 2.23. The van der Waals surface area contributed by atoms with E-state index < -0.39 is 0 Å². The molecular formula is C18H23N5O2. The van der Waals surface area contributed by atoms with Crippen LogP contribution in [0.15, 0.2) is 30.5 Å². The summed E-state index contributed by atoms with van der Waals surface area (Å²) in [6.45, 7) is 3.44. The van der Waals surface area contributed by atoms with E-state index in [2.05, 4.69) is 27.2 Å². The molecule has 1 aliphatic rings. The number of rotatable bonds is 4. The molecule has 2 aromatic rings. The second kappa shape index (κ2) is 7.92. The number of anilines is 1. The number of pyridine rings is 1. The predicted molar refractivity (Wildman–Crippen MR) is 95.3 cm³/mol. The minimum Gasteiger partial charge on any atom is -0.453 e. The number of aromatic nitrogens is 3. The molecule has 3 rings (SSSR count). The molecule has 0 bridgehead atoms. The second-order valence-corrected chi connectivity index (χ2v) is 6.01. The first-order valence-corrected chi connectivity index (χ1v) is 8.58. The minimum atomic E-state index is -0.258. The lowest BCUT2D eigenvalue weighted by molar-refractivity contribution is 0.113. The fraction of sp³-hybridized carbons (Fsp3) is 0.444. The molecule has 1 amide bonds. The normalized spacial score (nSPS) is 15.0. The third-order valence-electron chi connectivity index (χ3n) is 4.32. The lowest BCUT2D eigenvalue weighted by Crippen LogP contribution is -2.42. The number of nitrogens with zero attached hydrogens (tertiary/aromatic N) is 4. The SMILES string of the molecule is CCc1cc(NC2CCN(C(=O)OC)CC2)nc(-c2ccccn2)n1. The molecule has 132 valence electrons. The highest BCUT2D eigenvalue weighted by molar-refractivity contribution is 5.67. The lowest BCUT2D eigenvalue weighted by Gasteiger charge is -2.31. The van der Waals surface area contributed by atoms with Gasteiger partial charge in [-0.1, -0.05) is 13.0 Å². The molecule has 7 heteroatoms. The molecule has 0 aromatic carbocycles. The molecule has 0 atom stereocenters. The maximum Gasteiger partial charge on any atom is 0.409 e. The predicted octanol–water partition coefficient (Wildman–Crippen LogP) is 2.74.